The molecule has 0 spiro atoms. The summed E-state index contributed by atoms with van der Waals surface area (Å²) in [5.74, 6) is -1.36. The average Bonchev–Trinajstić information content (AvgIpc) is 3.40. The van der Waals surface area contributed by atoms with E-state index < -0.39 is 17.8 Å². The fourth-order valence-electron chi connectivity index (χ4n) is 3.44. The Balaban J connectivity index is 1.61. The average molecular weight is 513 g/mol. The molecule has 3 aromatic rings. The van der Waals surface area contributed by atoms with E-state index in [0.29, 0.717) is 22.8 Å². The lowest BCUT2D eigenvalue weighted by Crippen LogP contribution is -2.21. The van der Waals surface area contributed by atoms with Crippen LogP contribution in [0.25, 0.3) is 17.4 Å². The molecule has 4 rings (SSSR count). The second-order valence-corrected chi connectivity index (χ2v) is 8.26. The van der Waals surface area contributed by atoms with Gasteiger partial charge in [-0.05, 0) is 68.5 Å². The maximum atomic E-state index is 13.0. The maximum Gasteiger partial charge on any atom is 0.339 e. The highest BCUT2D eigenvalue weighted by molar-refractivity contribution is 6.35. The van der Waals surface area contributed by atoms with Crippen molar-refractivity contribution < 1.29 is 28.6 Å². The monoisotopic (exact) mass is 512 g/mol. The minimum absolute atomic E-state index is 0.0563. The number of carboxylic acids is 1. The molecule has 2 heterocycles. The van der Waals surface area contributed by atoms with E-state index >= 15 is 0 Å². The number of nitrogens with zero attached hydrogens (tertiary/aromatic N) is 2. The summed E-state index contributed by atoms with van der Waals surface area (Å²) in [4.78, 5) is 36.6. The van der Waals surface area contributed by atoms with E-state index in [1.165, 1.54) is 18.2 Å². The van der Waals surface area contributed by atoms with Gasteiger partial charge in [0.1, 0.15) is 11.5 Å². The Morgan fingerprint density at radius 2 is 1.80 bits per heavy atom. The van der Waals surface area contributed by atoms with Crippen molar-refractivity contribution >= 4 is 58.5 Å². The Bertz CT molecular complexity index is 1420. The van der Waals surface area contributed by atoms with Gasteiger partial charge in [0.2, 0.25) is 0 Å². The number of hydrogen-bond donors (Lipinski definition) is 1. The summed E-state index contributed by atoms with van der Waals surface area (Å²) < 4.78 is 10.9. The maximum absolute atomic E-state index is 13.0. The second kappa shape index (κ2) is 9.77. The van der Waals surface area contributed by atoms with Gasteiger partial charge in [-0.15, -0.1) is 0 Å². The quantitative estimate of drug-likeness (QED) is 0.323. The van der Waals surface area contributed by atoms with Gasteiger partial charge in [0.05, 0.1) is 44.8 Å². The van der Waals surface area contributed by atoms with Crippen molar-refractivity contribution in [3.63, 3.8) is 0 Å². The predicted octanol–water partition coefficient (Wildman–Crippen LogP) is 5.93. The third-order valence-electron chi connectivity index (χ3n) is 5.15. The number of carbonyl (C=O) groups is 3. The molecule has 35 heavy (non-hydrogen) atoms. The molecule has 0 atom stereocenters. The third kappa shape index (κ3) is 4.84. The molecule has 0 bridgehead atoms. The highest BCUT2D eigenvalue weighted by atomic mass is 35.5. The van der Waals surface area contributed by atoms with Crippen molar-refractivity contribution in [2.75, 3.05) is 11.6 Å². The zero-order chi connectivity index (χ0) is 25.3. The zero-order valence-electron chi connectivity index (χ0n) is 18.5. The highest BCUT2D eigenvalue weighted by Gasteiger charge is 2.30. The lowest BCUT2D eigenvalue weighted by Gasteiger charge is -2.12. The van der Waals surface area contributed by atoms with Crippen LogP contribution in [0.2, 0.25) is 10.0 Å². The minimum atomic E-state index is -1.21. The van der Waals surface area contributed by atoms with Crippen LogP contribution in [0.5, 0.6) is 0 Å². The number of aromatic carboxylic acids is 1. The Labute approximate surface area is 210 Å². The number of amides is 1. The van der Waals surface area contributed by atoms with Crippen LogP contribution in [-0.4, -0.2) is 35.3 Å². The predicted molar refractivity (Wildman–Crippen MR) is 132 cm³/mol. The molecule has 0 unspecified atom stereocenters. The lowest BCUT2D eigenvalue weighted by atomic mass is 10.1. The van der Waals surface area contributed by atoms with Gasteiger partial charge in [0.25, 0.3) is 5.91 Å². The molecule has 0 saturated carbocycles. The van der Waals surface area contributed by atoms with Crippen molar-refractivity contribution in [1.29, 1.82) is 0 Å². The molecule has 0 radical (unpaired) electrons. The summed E-state index contributed by atoms with van der Waals surface area (Å²) in [5, 5.41) is 15.0. The summed E-state index contributed by atoms with van der Waals surface area (Å²) in [5.41, 5.74) is 1.66. The molecule has 1 aliphatic heterocycles. The van der Waals surface area contributed by atoms with Crippen LogP contribution < -0.4 is 5.01 Å². The standard InChI is InChI=1S/C25H18Cl2N2O6/c1-3-34-25(33)19-10-14(4-7-21(19)27)22-9-6-16(35-22)12-17-13(2)28-29(23(17)30)15-5-8-20(26)18(11-15)24(31)32/h4-12H,3H2,1-2H3,(H,31,32)/b17-12-. The van der Waals surface area contributed by atoms with Gasteiger partial charge in [-0.3, -0.25) is 4.79 Å². The normalized spacial score (nSPS) is 14.4. The van der Waals surface area contributed by atoms with E-state index in [2.05, 4.69) is 5.10 Å². The number of benzene rings is 2. The first-order valence-corrected chi connectivity index (χ1v) is 11.2. The summed E-state index contributed by atoms with van der Waals surface area (Å²) >= 11 is 12.1. The van der Waals surface area contributed by atoms with Crippen LogP contribution in [0.15, 0.2) is 63.6 Å². The van der Waals surface area contributed by atoms with Gasteiger partial charge < -0.3 is 14.3 Å². The number of hydrogen-bond acceptors (Lipinski definition) is 6. The number of anilines is 1. The molecule has 1 aliphatic rings. The number of ether oxygens (including phenoxy) is 1. The van der Waals surface area contributed by atoms with Crippen molar-refractivity contribution in [2.45, 2.75) is 13.8 Å². The number of carboxylic acid groups (broad SMARTS) is 1. The molecule has 1 N–H and O–H groups in total. The Morgan fingerprint density at radius 3 is 2.51 bits per heavy atom. The zero-order valence-corrected chi connectivity index (χ0v) is 20.1. The van der Waals surface area contributed by atoms with Crippen LogP contribution in [0.1, 0.15) is 40.3 Å². The molecule has 10 heteroatoms. The molecule has 1 aromatic heterocycles. The van der Waals surface area contributed by atoms with Crippen molar-refractivity contribution in [2.24, 2.45) is 5.10 Å². The summed E-state index contributed by atoms with van der Waals surface area (Å²) in [6.45, 7) is 3.58. The molecule has 0 saturated heterocycles. The number of rotatable bonds is 6. The molecular weight excluding hydrogens is 495 g/mol. The van der Waals surface area contributed by atoms with Crippen LogP contribution >= 0.6 is 23.2 Å². The smallest absolute Gasteiger partial charge is 0.339 e. The van der Waals surface area contributed by atoms with E-state index in [-0.39, 0.29) is 39.0 Å². The molecule has 8 nitrogen and oxygen atoms in total. The van der Waals surface area contributed by atoms with Gasteiger partial charge in [0.15, 0.2) is 0 Å². The van der Waals surface area contributed by atoms with E-state index in [1.54, 1.807) is 50.3 Å². The van der Waals surface area contributed by atoms with Crippen LogP contribution in [-0.2, 0) is 9.53 Å². The number of esters is 1. The molecule has 0 aliphatic carbocycles. The molecule has 2 aromatic carbocycles. The molecule has 0 fully saturated rings. The molecule has 1 amide bonds. The number of furan rings is 1. The first-order chi connectivity index (χ1) is 16.7. The Hall–Kier alpha value is -3.88. The fraction of sp³-hybridized carbons (Fsp3) is 0.120. The summed E-state index contributed by atoms with van der Waals surface area (Å²) in [6.07, 6.45) is 1.54. The number of halogens is 2. The van der Waals surface area contributed by atoms with Gasteiger partial charge in [-0.25, -0.2) is 9.59 Å². The van der Waals surface area contributed by atoms with Crippen LogP contribution in [0.3, 0.4) is 0 Å². The molecule has 178 valence electrons. The first kappa shape index (κ1) is 24.3. The highest BCUT2D eigenvalue weighted by Crippen LogP contribution is 2.31. The lowest BCUT2D eigenvalue weighted by molar-refractivity contribution is -0.114. The Morgan fingerprint density at radius 1 is 1.09 bits per heavy atom. The Kier molecular flexibility index (Phi) is 6.77. The summed E-state index contributed by atoms with van der Waals surface area (Å²) in [7, 11) is 0. The first-order valence-electron chi connectivity index (χ1n) is 10.4. The number of hydrazone groups is 1. The van der Waals surface area contributed by atoms with Gasteiger partial charge in [-0.2, -0.15) is 10.1 Å². The van der Waals surface area contributed by atoms with E-state index in [1.807, 2.05) is 0 Å². The summed E-state index contributed by atoms with van der Waals surface area (Å²) in [6, 6.07) is 12.4. The van der Waals surface area contributed by atoms with E-state index in [9.17, 15) is 19.5 Å². The molecular formula is C25H18Cl2N2O6. The second-order valence-electron chi connectivity index (χ2n) is 7.45. The van der Waals surface area contributed by atoms with Crippen molar-refractivity contribution in [1.82, 2.24) is 0 Å². The van der Waals surface area contributed by atoms with Gasteiger partial charge >= 0.3 is 11.9 Å². The van der Waals surface area contributed by atoms with Crippen LogP contribution in [0, 0.1) is 0 Å². The van der Waals surface area contributed by atoms with Crippen LogP contribution in [0.4, 0.5) is 5.69 Å². The van der Waals surface area contributed by atoms with Gasteiger partial charge in [0, 0.05) is 5.56 Å². The largest absolute Gasteiger partial charge is 0.478 e. The SMILES string of the molecule is CCOC(=O)c1cc(-c2ccc(/C=C3\C(=O)N(c4ccc(Cl)c(C(=O)O)c4)N=C3C)o2)ccc1Cl. The number of carbonyl (C=O) groups excluding carboxylic acids is 2. The fourth-order valence-corrected chi connectivity index (χ4v) is 3.83. The van der Waals surface area contributed by atoms with E-state index in [4.69, 9.17) is 32.4 Å². The topological polar surface area (TPSA) is 109 Å². The van der Waals surface area contributed by atoms with Gasteiger partial charge in [-0.1, -0.05) is 23.2 Å². The van der Waals surface area contributed by atoms with Crippen molar-refractivity contribution in [3.05, 3.63) is 81.0 Å². The van der Waals surface area contributed by atoms with Crippen molar-refractivity contribution in [3.8, 4) is 11.3 Å². The van der Waals surface area contributed by atoms with E-state index in [0.717, 1.165) is 5.01 Å². The third-order valence-corrected chi connectivity index (χ3v) is 5.81. The minimum Gasteiger partial charge on any atom is -0.478 e.